The highest BCUT2D eigenvalue weighted by molar-refractivity contribution is 5.44. The van der Waals surface area contributed by atoms with Crippen LogP contribution in [0.1, 0.15) is 46.4 Å². The van der Waals surface area contributed by atoms with E-state index >= 15 is 8.78 Å². The van der Waals surface area contributed by atoms with Crippen LogP contribution in [0.3, 0.4) is 0 Å². The van der Waals surface area contributed by atoms with Crippen molar-refractivity contribution >= 4 is 0 Å². The summed E-state index contributed by atoms with van der Waals surface area (Å²) < 4.78 is 66.9. The van der Waals surface area contributed by atoms with Crippen molar-refractivity contribution in [2.24, 2.45) is 0 Å². The van der Waals surface area contributed by atoms with Crippen LogP contribution < -0.4 is 4.74 Å². The van der Waals surface area contributed by atoms with Gasteiger partial charge >= 0.3 is 5.92 Å². The van der Waals surface area contributed by atoms with E-state index in [1.54, 1.807) is 24.3 Å². The number of rotatable bonds is 10. The Kier molecular flexibility index (Phi) is 9.29. The van der Waals surface area contributed by atoms with Gasteiger partial charge in [-0.1, -0.05) is 36.1 Å². The number of aliphatic hydroxyl groups is 1. The van der Waals surface area contributed by atoms with Crippen LogP contribution in [0.2, 0.25) is 0 Å². The molecule has 12 heteroatoms. The molecular weight excluding hydrogens is 612 g/mol. The number of halogens is 4. The Labute approximate surface area is 268 Å². The minimum absolute atomic E-state index is 0.329. The second-order valence-corrected chi connectivity index (χ2v) is 11.4. The first-order valence-electron chi connectivity index (χ1n) is 15.0. The van der Waals surface area contributed by atoms with Gasteiger partial charge in [-0.2, -0.15) is 8.78 Å². The molecule has 0 amide bonds. The predicted molar refractivity (Wildman–Crippen MR) is 164 cm³/mol. The van der Waals surface area contributed by atoms with E-state index < -0.39 is 41.0 Å². The smallest absolute Gasteiger partial charge is 0.323 e. The molecule has 6 rings (SSSR count). The molecule has 1 fully saturated rings. The van der Waals surface area contributed by atoms with E-state index in [1.165, 1.54) is 24.5 Å². The SMILES string of the molecule is OC(Cn1cnnn1)(c1ccc(F)cc1F)C(F)(F)c1ccc(C#Cc2ccc(OCc3ccc(CN4CCCC4)cc3)cc2)cn1. The average Bonchev–Trinajstić information content (AvgIpc) is 3.79. The van der Waals surface area contributed by atoms with Crippen molar-refractivity contribution < 1.29 is 27.4 Å². The lowest BCUT2D eigenvalue weighted by Crippen LogP contribution is -2.48. The number of benzene rings is 3. The van der Waals surface area contributed by atoms with E-state index in [4.69, 9.17) is 4.74 Å². The van der Waals surface area contributed by atoms with Crippen LogP contribution in [0, 0.1) is 23.5 Å². The fraction of sp³-hybridized carbons (Fsp3) is 0.257. The lowest BCUT2D eigenvalue weighted by molar-refractivity contribution is -0.207. The molecule has 5 aromatic rings. The molecule has 1 aliphatic heterocycles. The van der Waals surface area contributed by atoms with Crippen molar-refractivity contribution in [1.29, 1.82) is 0 Å². The summed E-state index contributed by atoms with van der Waals surface area (Å²) in [6.45, 7) is 2.78. The molecular formula is C35H30F4N6O2. The normalized spacial score (nSPS) is 14.7. The summed E-state index contributed by atoms with van der Waals surface area (Å²) in [6, 6.07) is 19.9. The Balaban J connectivity index is 1.11. The number of hydrogen-bond donors (Lipinski definition) is 1. The second kappa shape index (κ2) is 13.7. The number of hydrogen-bond acceptors (Lipinski definition) is 7. The van der Waals surface area contributed by atoms with Crippen LogP contribution in [-0.4, -0.2) is 48.3 Å². The minimum Gasteiger partial charge on any atom is -0.489 e. The fourth-order valence-corrected chi connectivity index (χ4v) is 5.42. The highest BCUT2D eigenvalue weighted by Gasteiger charge is 2.58. The summed E-state index contributed by atoms with van der Waals surface area (Å²) in [5.41, 5.74) is -1.57. The van der Waals surface area contributed by atoms with Crippen LogP contribution in [0.5, 0.6) is 5.75 Å². The lowest BCUT2D eigenvalue weighted by atomic mass is 9.84. The van der Waals surface area contributed by atoms with Crippen molar-refractivity contribution in [3.63, 3.8) is 0 Å². The van der Waals surface area contributed by atoms with Gasteiger partial charge in [0.05, 0.1) is 6.54 Å². The zero-order chi connectivity index (χ0) is 32.9. The third kappa shape index (κ3) is 7.32. The van der Waals surface area contributed by atoms with Crippen LogP contribution in [-0.2, 0) is 31.2 Å². The first-order valence-corrected chi connectivity index (χ1v) is 15.0. The van der Waals surface area contributed by atoms with E-state index in [0.717, 1.165) is 60.6 Å². The first kappa shape index (κ1) is 31.8. The monoisotopic (exact) mass is 642 g/mol. The molecule has 2 aromatic heterocycles. The molecule has 0 spiro atoms. The summed E-state index contributed by atoms with van der Waals surface area (Å²) in [4.78, 5) is 6.30. The first-order chi connectivity index (χ1) is 22.7. The third-order valence-electron chi connectivity index (χ3n) is 8.00. The highest BCUT2D eigenvalue weighted by Crippen LogP contribution is 2.46. The van der Waals surface area contributed by atoms with Crippen molar-refractivity contribution in [3.8, 4) is 17.6 Å². The molecule has 3 heterocycles. The molecule has 8 nitrogen and oxygen atoms in total. The van der Waals surface area contributed by atoms with Gasteiger partial charge in [0.15, 0.2) is 5.60 Å². The van der Waals surface area contributed by atoms with Crippen LogP contribution in [0.4, 0.5) is 17.6 Å². The van der Waals surface area contributed by atoms with E-state index in [1.807, 2.05) is 0 Å². The Morgan fingerprint density at radius 1 is 0.851 bits per heavy atom. The Morgan fingerprint density at radius 2 is 1.55 bits per heavy atom. The molecule has 3 aromatic carbocycles. The fourth-order valence-electron chi connectivity index (χ4n) is 5.42. The van der Waals surface area contributed by atoms with Crippen molar-refractivity contribution in [3.05, 3.63) is 137 Å². The molecule has 47 heavy (non-hydrogen) atoms. The zero-order valence-corrected chi connectivity index (χ0v) is 25.2. The predicted octanol–water partition coefficient (Wildman–Crippen LogP) is 5.60. The number of pyridine rings is 1. The van der Waals surface area contributed by atoms with Crippen molar-refractivity contribution in [1.82, 2.24) is 30.1 Å². The highest BCUT2D eigenvalue weighted by atomic mass is 19.3. The molecule has 0 saturated carbocycles. The maximum Gasteiger partial charge on any atom is 0.323 e. The largest absolute Gasteiger partial charge is 0.489 e. The van der Waals surface area contributed by atoms with Crippen molar-refractivity contribution in [2.45, 2.75) is 44.1 Å². The Hall–Kier alpha value is -5.12. The quantitative estimate of drug-likeness (QED) is 0.157. The molecule has 1 atom stereocenters. The lowest BCUT2D eigenvalue weighted by Gasteiger charge is -2.35. The van der Waals surface area contributed by atoms with Crippen LogP contribution >= 0.6 is 0 Å². The van der Waals surface area contributed by atoms with Crippen molar-refractivity contribution in [2.75, 3.05) is 13.1 Å². The summed E-state index contributed by atoms with van der Waals surface area (Å²) >= 11 is 0. The van der Waals surface area contributed by atoms with Gasteiger partial charge in [-0.05, 0) is 96.0 Å². The number of alkyl halides is 2. The number of nitrogens with zero attached hydrogens (tertiary/aromatic N) is 6. The van der Waals surface area contributed by atoms with E-state index in [-0.39, 0.29) is 0 Å². The average molecular weight is 643 g/mol. The van der Waals surface area contributed by atoms with Gasteiger partial charge in [0, 0.05) is 35.5 Å². The summed E-state index contributed by atoms with van der Waals surface area (Å²) in [5.74, 6) is 0.00111. The van der Waals surface area contributed by atoms with Gasteiger partial charge in [0.1, 0.15) is 36.0 Å². The number of ether oxygens (including phenoxy) is 1. The van der Waals surface area contributed by atoms with E-state index in [2.05, 4.69) is 61.5 Å². The van der Waals surface area contributed by atoms with Gasteiger partial charge in [-0.15, -0.1) is 5.10 Å². The standard InChI is InChI=1S/C35H30F4N6O2/c36-29-12-15-31(32(37)19-29)34(46,23-45-24-41-42-43-45)35(38,39)33-16-11-26(20-40-33)4-3-25-9-13-30(14-10-25)47-22-28-7-5-27(6-8-28)21-44-17-1-2-18-44/h5-16,19-20,24,46H,1-2,17-18,21-23H2. The minimum atomic E-state index is -4.16. The molecule has 0 radical (unpaired) electrons. The maximum atomic E-state index is 15.9. The van der Waals surface area contributed by atoms with Gasteiger partial charge < -0.3 is 9.84 Å². The molecule has 1 saturated heterocycles. The van der Waals surface area contributed by atoms with E-state index in [9.17, 15) is 13.9 Å². The van der Waals surface area contributed by atoms with E-state index in [0.29, 0.717) is 29.5 Å². The number of likely N-dealkylation sites (tertiary alicyclic amines) is 1. The van der Waals surface area contributed by atoms with Gasteiger partial charge in [0.25, 0.3) is 0 Å². The summed E-state index contributed by atoms with van der Waals surface area (Å²) in [6.07, 6.45) is 4.65. The van der Waals surface area contributed by atoms with Crippen LogP contribution in [0.25, 0.3) is 0 Å². The Morgan fingerprint density at radius 3 is 2.21 bits per heavy atom. The summed E-state index contributed by atoms with van der Waals surface area (Å²) in [5, 5.41) is 21.6. The molecule has 240 valence electrons. The van der Waals surface area contributed by atoms with Gasteiger partial charge in [-0.3, -0.25) is 9.88 Å². The molecule has 1 aliphatic rings. The molecule has 1 N–H and O–H groups in total. The van der Waals surface area contributed by atoms with Gasteiger partial charge in [0.2, 0.25) is 0 Å². The van der Waals surface area contributed by atoms with Crippen LogP contribution in [0.15, 0.2) is 91.4 Å². The Bertz CT molecular complexity index is 1850. The third-order valence-corrected chi connectivity index (χ3v) is 8.00. The zero-order valence-electron chi connectivity index (χ0n) is 25.2. The maximum absolute atomic E-state index is 15.9. The van der Waals surface area contributed by atoms with Gasteiger partial charge in [-0.25, -0.2) is 13.5 Å². The number of aromatic nitrogens is 5. The topological polar surface area (TPSA) is 89.2 Å². The number of tetrazole rings is 1. The molecule has 0 bridgehead atoms. The second-order valence-electron chi connectivity index (χ2n) is 11.4. The molecule has 0 aliphatic carbocycles. The summed E-state index contributed by atoms with van der Waals surface area (Å²) in [7, 11) is 0. The molecule has 1 unspecified atom stereocenters.